The molecular weight excluding hydrogens is 184 g/mol. The zero-order chi connectivity index (χ0) is 10.7. The fraction of sp³-hybridized carbons (Fsp3) is 0.846. The van der Waals surface area contributed by atoms with Crippen molar-refractivity contribution in [2.24, 2.45) is 11.8 Å². The van der Waals surface area contributed by atoms with Crippen LogP contribution in [0.2, 0.25) is 0 Å². The van der Waals surface area contributed by atoms with E-state index < -0.39 is 0 Å². The van der Waals surface area contributed by atoms with Crippen LogP contribution < -0.4 is 5.32 Å². The van der Waals surface area contributed by atoms with E-state index >= 15 is 0 Å². The van der Waals surface area contributed by atoms with Gasteiger partial charge in [0.1, 0.15) is 0 Å². The molecular formula is C13H24N2. The molecule has 0 spiro atoms. The summed E-state index contributed by atoms with van der Waals surface area (Å²) in [5.41, 5.74) is 0. The van der Waals surface area contributed by atoms with E-state index in [2.05, 4.69) is 36.5 Å². The third-order valence-electron chi connectivity index (χ3n) is 3.80. The molecule has 2 heteroatoms. The average Bonchev–Trinajstić information content (AvgIpc) is 2.53. The fourth-order valence-electron chi connectivity index (χ4n) is 2.79. The smallest absolute Gasteiger partial charge is 0.0136 e. The van der Waals surface area contributed by atoms with Gasteiger partial charge in [-0.2, -0.15) is 0 Å². The maximum Gasteiger partial charge on any atom is 0.0136 e. The molecule has 0 radical (unpaired) electrons. The van der Waals surface area contributed by atoms with Gasteiger partial charge in [-0.25, -0.2) is 0 Å². The van der Waals surface area contributed by atoms with Crippen LogP contribution in [0.3, 0.4) is 0 Å². The van der Waals surface area contributed by atoms with Gasteiger partial charge in [0.15, 0.2) is 0 Å². The molecule has 86 valence electrons. The highest BCUT2D eigenvalue weighted by Crippen LogP contribution is 2.42. The van der Waals surface area contributed by atoms with E-state index in [1.807, 2.05) is 0 Å². The molecule has 0 aliphatic heterocycles. The Bertz CT molecular complexity index is 223. The van der Waals surface area contributed by atoms with Crippen molar-refractivity contribution < 1.29 is 0 Å². The van der Waals surface area contributed by atoms with E-state index in [9.17, 15) is 0 Å². The van der Waals surface area contributed by atoms with Crippen molar-refractivity contribution in [3.05, 3.63) is 12.2 Å². The van der Waals surface area contributed by atoms with Crippen LogP contribution in [0.15, 0.2) is 12.2 Å². The SMILES string of the molecule is CN(C)CCCCNC1CC2CC=CC21. The lowest BCUT2D eigenvalue weighted by molar-refractivity contribution is 0.163. The van der Waals surface area contributed by atoms with Crippen molar-refractivity contribution in [3.63, 3.8) is 0 Å². The van der Waals surface area contributed by atoms with E-state index in [-0.39, 0.29) is 0 Å². The van der Waals surface area contributed by atoms with Crippen LogP contribution in [0.4, 0.5) is 0 Å². The number of rotatable bonds is 6. The van der Waals surface area contributed by atoms with Crippen LogP contribution in [0.5, 0.6) is 0 Å². The fourth-order valence-corrected chi connectivity index (χ4v) is 2.79. The Labute approximate surface area is 93.7 Å². The lowest BCUT2D eigenvalue weighted by Crippen LogP contribution is -2.48. The largest absolute Gasteiger partial charge is 0.313 e. The maximum atomic E-state index is 3.69. The lowest BCUT2D eigenvalue weighted by atomic mass is 9.71. The Hall–Kier alpha value is -0.340. The minimum Gasteiger partial charge on any atom is -0.313 e. The van der Waals surface area contributed by atoms with E-state index in [1.54, 1.807) is 0 Å². The molecule has 2 nitrogen and oxygen atoms in total. The maximum absolute atomic E-state index is 3.69. The standard InChI is InChI=1S/C13H24N2/c1-15(2)9-4-3-8-14-13-10-11-6-5-7-12(11)13/h5,7,11-14H,3-4,6,8-10H2,1-2H3. The summed E-state index contributed by atoms with van der Waals surface area (Å²) < 4.78 is 0. The lowest BCUT2D eigenvalue weighted by Gasteiger charge is -2.40. The van der Waals surface area contributed by atoms with Crippen molar-refractivity contribution >= 4 is 0 Å². The molecule has 3 atom stereocenters. The van der Waals surface area contributed by atoms with Gasteiger partial charge in [-0.1, -0.05) is 12.2 Å². The van der Waals surface area contributed by atoms with Crippen LogP contribution in [0.25, 0.3) is 0 Å². The van der Waals surface area contributed by atoms with Gasteiger partial charge in [0.05, 0.1) is 0 Å². The van der Waals surface area contributed by atoms with E-state index in [0.717, 1.165) is 17.9 Å². The number of unbranched alkanes of at least 4 members (excludes halogenated alkanes) is 1. The minimum absolute atomic E-state index is 0.799. The molecule has 3 unspecified atom stereocenters. The predicted molar refractivity (Wildman–Crippen MR) is 64.9 cm³/mol. The highest BCUT2D eigenvalue weighted by atomic mass is 15.0. The monoisotopic (exact) mass is 208 g/mol. The van der Waals surface area contributed by atoms with Gasteiger partial charge in [0.25, 0.3) is 0 Å². The number of nitrogens with one attached hydrogen (secondary N) is 1. The number of hydrogen-bond acceptors (Lipinski definition) is 2. The van der Waals surface area contributed by atoms with Crippen LogP contribution in [0, 0.1) is 11.8 Å². The van der Waals surface area contributed by atoms with Crippen molar-refractivity contribution in [3.8, 4) is 0 Å². The molecule has 0 aromatic carbocycles. The molecule has 1 saturated carbocycles. The van der Waals surface area contributed by atoms with Crippen molar-refractivity contribution in [2.75, 3.05) is 27.2 Å². The molecule has 1 N–H and O–H groups in total. The number of hydrogen-bond donors (Lipinski definition) is 1. The van der Waals surface area contributed by atoms with Gasteiger partial charge in [-0.05, 0) is 64.7 Å². The zero-order valence-corrected chi connectivity index (χ0v) is 10.1. The van der Waals surface area contributed by atoms with Crippen LogP contribution in [-0.4, -0.2) is 38.1 Å². The van der Waals surface area contributed by atoms with Crippen molar-refractivity contribution in [1.29, 1.82) is 0 Å². The summed E-state index contributed by atoms with van der Waals surface area (Å²) in [5, 5.41) is 3.69. The van der Waals surface area contributed by atoms with Gasteiger partial charge < -0.3 is 10.2 Å². The Morgan fingerprint density at radius 1 is 1.33 bits per heavy atom. The van der Waals surface area contributed by atoms with E-state index in [0.29, 0.717) is 0 Å². The van der Waals surface area contributed by atoms with Gasteiger partial charge in [0.2, 0.25) is 0 Å². The van der Waals surface area contributed by atoms with E-state index in [1.165, 1.54) is 38.8 Å². The quantitative estimate of drug-likeness (QED) is 0.529. The highest BCUT2D eigenvalue weighted by Gasteiger charge is 2.40. The summed E-state index contributed by atoms with van der Waals surface area (Å²) in [4.78, 5) is 2.26. The summed E-state index contributed by atoms with van der Waals surface area (Å²) in [6, 6.07) is 0.799. The molecule has 0 heterocycles. The second-order valence-corrected chi connectivity index (χ2v) is 5.31. The highest BCUT2D eigenvalue weighted by molar-refractivity contribution is 5.12. The first kappa shape index (κ1) is 11.2. The third-order valence-corrected chi connectivity index (χ3v) is 3.80. The van der Waals surface area contributed by atoms with Crippen LogP contribution >= 0.6 is 0 Å². The molecule has 2 aliphatic carbocycles. The molecule has 2 aliphatic rings. The molecule has 0 aromatic rings. The molecule has 0 saturated heterocycles. The second-order valence-electron chi connectivity index (χ2n) is 5.31. The molecule has 15 heavy (non-hydrogen) atoms. The summed E-state index contributed by atoms with van der Waals surface area (Å²) in [7, 11) is 4.29. The summed E-state index contributed by atoms with van der Waals surface area (Å²) in [6.45, 7) is 2.42. The molecule has 0 amide bonds. The Morgan fingerprint density at radius 2 is 2.20 bits per heavy atom. The number of fused-ring (bicyclic) bond motifs is 1. The topological polar surface area (TPSA) is 15.3 Å². The molecule has 2 rings (SSSR count). The van der Waals surface area contributed by atoms with Gasteiger partial charge >= 0.3 is 0 Å². The van der Waals surface area contributed by atoms with E-state index in [4.69, 9.17) is 0 Å². The first-order chi connectivity index (χ1) is 7.27. The molecule has 0 bridgehead atoms. The number of nitrogens with zero attached hydrogens (tertiary/aromatic N) is 1. The normalized spacial score (nSPS) is 33.1. The minimum atomic E-state index is 0.799. The van der Waals surface area contributed by atoms with Crippen LogP contribution in [-0.2, 0) is 0 Å². The van der Waals surface area contributed by atoms with Crippen molar-refractivity contribution in [2.45, 2.75) is 31.7 Å². The average molecular weight is 208 g/mol. The number of allylic oxidation sites excluding steroid dienone is 1. The second kappa shape index (κ2) is 5.13. The summed E-state index contributed by atoms with van der Waals surface area (Å²) >= 11 is 0. The zero-order valence-electron chi connectivity index (χ0n) is 10.1. The van der Waals surface area contributed by atoms with Gasteiger partial charge in [0, 0.05) is 6.04 Å². The summed E-state index contributed by atoms with van der Waals surface area (Å²) in [5.74, 6) is 1.86. The first-order valence-corrected chi connectivity index (χ1v) is 6.32. The predicted octanol–water partition coefficient (Wildman–Crippen LogP) is 1.88. The van der Waals surface area contributed by atoms with Crippen LogP contribution in [0.1, 0.15) is 25.7 Å². The first-order valence-electron chi connectivity index (χ1n) is 6.32. The summed E-state index contributed by atoms with van der Waals surface area (Å²) in [6.07, 6.45) is 10.2. The third kappa shape index (κ3) is 2.82. The molecule has 1 fully saturated rings. The Kier molecular flexibility index (Phi) is 3.81. The van der Waals surface area contributed by atoms with Gasteiger partial charge in [-0.3, -0.25) is 0 Å². The Morgan fingerprint density at radius 3 is 2.93 bits per heavy atom. The molecule has 0 aromatic heterocycles. The van der Waals surface area contributed by atoms with Gasteiger partial charge in [-0.15, -0.1) is 0 Å². The Balaban J connectivity index is 1.50. The van der Waals surface area contributed by atoms with Crippen molar-refractivity contribution in [1.82, 2.24) is 10.2 Å².